The molecular weight excluding hydrogens is 208 g/mol. The van der Waals surface area contributed by atoms with Gasteiger partial charge < -0.3 is 10.4 Å². The van der Waals surface area contributed by atoms with E-state index in [9.17, 15) is 10.1 Å². The van der Waals surface area contributed by atoms with Gasteiger partial charge in [0.25, 0.3) is 5.69 Å². The van der Waals surface area contributed by atoms with E-state index in [0.717, 1.165) is 12.1 Å². The fraction of sp³-hybridized carbons (Fsp3) is 0.455. The van der Waals surface area contributed by atoms with E-state index in [2.05, 4.69) is 5.32 Å². The van der Waals surface area contributed by atoms with Gasteiger partial charge >= 0.3 is 0 Å². The van der Waals surface area contributed by atoms with Crippen LogP contribution in [0.3, 0.4) is 0 Å². The van der Waals surface area contributed by atoms with E-state index >= 15 is 0 Å². The first-order valence-electron chi connectivity index (χ1n) is 5.21. The first-order chi connectivity index (χ1) is 7.58. The van der Waals surface area contributed by atoms with Crippen LogP contribution in [0, 0.1) is 17.0 Å². The third-order valence-corrected chi connectivity index (χ3v) is 2.48. The predicted molar refractivity (Wildman–Crippen MR) is 62.6 cm³/mol. The van der Waals surface area contributed by atoms with Crippen LogP contribution in [0.1, 0.15) is 18.9 Å². The molecule has 0 spiro atoms. The SMILES string of the molecule is CC[C@H](CO)Nc1ccc([N+](=O)[O-])c(C)c1. The Kier molecular flexibility index (Phi) is 4.25. The zero-order valence-corrected chi connectivity index (χ0v) is 9.43. The number of nitro groups is 1. The van der Waals surface area contributed by atoms with Gasteiger partial charge in [-0.2, -0.15) is 0 Å². The van der Waals surface area contributed by atoms with Gasteiger partial charge in [0.2, 0.25) is 0 Å². The van der Waals surface area contributed by atoms with E-state index in [1.54, 1.807) is 19.1 Å². The molecule has 1 aromatic carbocycles. The molecule has 0 heterocycles. The fourth-order valence-electron chi connectivity index (χ4n) is 1.46. The lowest BCUT2D eigenvalue weighted by Gasteiger charge is -2.15. The van der Waals surface area contributed by atoms with Crippen molar-refractivity contribution >= 4 is 11.4 Å². The highest BCUT2D eigenvalue weighted by molar-refractivity contribution is 5.53. The maximum Gasteiger partial charge on any atom is 0.272 e. The topological polar surface area (TPSA) is 75.4 Å². The molecule has 0 amide bonds. The highest BCUT2D eigenvalue weighted by Gasteiger charge is 2.11. The number of hydrogen-bond donors (Lipinski definition) is 2. The number of nitrogens with one attached hydrogen (secondary N) is 1. The summed E-state index contributed by atoms with van der Waals surface area (Å²) in [5, 5.41) is 22.8. The van der Waals surface area contributed by atoms with Crippen LogP contribution in [-0.4, -0.2) is 22.7 Å². The highest BCUT2D eigenvalue weighted by atomic mass is 16.6. The molecule has 0 aromatic heterocycles. The zero-order chi connectivity index (χ0) is 12.1. The van der Waals surface area contributed by atoms with Crippen molar-refractivity contribution in [3.63, 3.8) is 0 Å². The minimum Gasteiger partial charge on any atom is -0.394 e. The van der Waals surface area contributed by atoms with Crippen molar-refractivity contribution in [3.8, 4) is 0 Å². The smallest absolute Gasteiger partial charge is 0.272 e. The molecule has 1 rings (SSSR count). The second-order valence-corrected chi connectivity index (χ2v) is 3.69. The van der Waals surface area contributed by atoms with Crippen LogP contribution < -0.4 is 5.32 Å². The third kappa shape index (κ3) is 2.93. The average Bonchev–Trinajstić information content (AvgIpc) is 2.25. The first-order valence-corrected chi connectivity index (χ1v) is 5.21. The summed E-state index contributed by atoms with van der Waals surface area (Å²) >= 11 is 0. The molecule has 0 aliphatic carbocycles. The largest absolute Gasteiger partial charge is 0.394 e. The summed E-state index contributed by atoms with van der Waals surface area (Å²) in [7, 11) is 0. The Balaban J connectivity index is 2.84. The number of rotatable bonds is 5. The summed E-state index contributed by atoms with van der Waals surface area (Å²) in [5.74, 6) is 0. The van der Waals surface area contributed by atoms with Gasteiger partial charge in [0.05, 0.1) is 11.5 Å². The van der Waals surface area contributed by atoms with Crippen molar-refractivity contribution in [1.29, 1.82) is 0 Å². The van der Waals surface area contributed by atoms with E-state index in [1.807, 2.05) is 6.92 Å². The molecule has 16 heavy (non-hydrogen) atoms. The molecule has 0 saturated carbocycles. The van der Waals surface area contributed by atoms with Crippen LogP contribution >= 0.6 is 0 Å². The van der Waals surface area contributed by atoms with Crippen molar-refractivity contribution in [2.75, 3.05) is 11.9 Å². The molecule has 0 unspecified atom stereocenters. The van der Waals surface area contributed by atoms with Gasteiger partial charge in [-0.1, -0.05) is 6.92 Å². The van der Waals surface area contributed by atoms with E-state index in [1.165, 1.54) is 6.07 Å². The quantitative estimate of drug-likeness (QED) is 0.593. The second-order valence-electron chi connectivity index (χ2n) is 3.69. The maximum absolute atomic E-state index is 10.6. The van der Waals surface area contributed by atoms with Gasteiger partial charge in [0.1, 0.15) is 0 Å². The lowest BCUT2D eigenvalue weighted by atomic mass is 10.1. The first kappa shape index (κ1) is 12.4. The Morgan fingerprint density at radius 3 is 2.69 bits per heavy atom. The maximum atomic E-state index is 10.6. The fourth-order valence-corrected chi connectivity index (χ4v) is 1.46. The minimum atomic E-state index is -0.400. The molecule has 1 atom stereocenters. The molecule has 0 bridgehead atoms. The molecule has 0 aliphatic rings. The van der Waals surface area contributed by atoms with Crippen molar-refractivity contribution in [2.24, 2.45) is 0 Å². The number of aryl methyl sites for hydroxylation is 1. The molecule has 0 fully saturated rings. The van der Waals surface area contributed by atoms with Crippen molar-refractivity contribution in [3.05, 3.63) is 33.9 Å². The Morgan fingerprint density at radius 1 is 1.56 bits per heavy atom. The van der Waals surface area contributed by atoms with Crippen LogP contribution in [-0.2, 0) is 0 Å². The summed E-state index contributed by atoms with van der Waals surface area (Å²) in [5.41, 5.74) is 1.52. The summed E-state index contributed by atoms with van der Waals surface area (Å²) in [6, 6.07) is 4.84. The van der Waals surface area contributed by atoms with Crippen LogP contribution in [0.15, 0.2) is 18.2 Å². The molecule has 5 nitrogen and oxygen atoms in total. The van der Waals surface area contributed by atoms with Crippen LogP contribution in [0.4, 0.5) is 11.4 Å². The average molecular weight is 224 g/mol. The number of nitrogens with zero attached hydrogens (tertiary/aromatic N) is 1. The molecule has 88 valence electrons. The van der Waals surface area contributed by atoms with Crippen molar-refractivity contribution in [1.82, 2.24) is 0 Å². The minimum absolute atomic E-state index is 0.0131. The summed E-state index contributed by atoms with van der Waals surface area (Å²) in [6.45, 7) is 3.71. The predicted octanol–water partition coefficient (Wildman–Crippen LogP) is 2.09. The van der Waals surface area contributed by atoms with Gasteiger partial charge in [-0.05, 0) is 25.5 Å². The normalized spacial score (nSPS) is 12.2. The van der Waals surface area contributed by atoms with Gasteiger partial charge in [-0.25, -0.2) is 0 Å². The molecule has 0 radical (unpaired) electrons. The van der Waals surface area contributed by atoms with Crippen LogP contribution in [0.2, 0.25) is 0 Å². The number of benzene rings is 1. The van der Waals surface area contributed by atoms with E-state index < -0.39 is 4.92 Å². The summed E-state index contributed by atoms with van der Waals surface area (Å²) in [4.78, 5) is 10.2. The van der Waals surface area contributed by atoms with Crippen molar-refractivity contribution < 1.29 is 10.0 Å². The third-order valence-electron chi connectivity index (χ3n) is 2.48. The number of anilines is 1. The van der Waals surface area contributed by atoms with Gasteiger partial charge in [-0.15, -0.1) is 0 Å². The molecule has 0 saturated heterocycles. The molecule has 5 heteroatoms. The monoisotopic (exact) mass is 224 g/mol. The molecule has 2 N–H and O–H groups in total. The van der Waals surface area contributed by atoms with Gasteiger partial charge in [-0.3, -0.25) is 10.1 Å². The number of nitro benzene ring substituents is 1. The van der Waals surface area contributed by atoms with Crippen molar-refractivity contribution in [2.45, 2.75) is 26.3 Å². The van der Waals surface area contributed by atoms with E-state index in [-0.39, 0.29) is 18.3 Å². The highest BCUT2D eigenvalue weighted by Crippen LogP contribution is 2.22. The summed E-state index contributed by atoms with van der Waals surface area (Å²) < 4.78 is 0. The van der Waals surface area contributed by atoms with E-state index in [0.29, 0.717) is 5.56 Å². The molecule has 0 aliphatic heterocycles. The Hall–Kier alpha value is -1.62. The molecule has 1 aromatic rings. The standard InChI is InChI=1S/C11H16N2O3/c1-3-9(7-14)12-10-4-5-11(13(15)16)8(2)6-10/h4-6,9,12,14H,3,7H2,1-2H3/t9-/m1/s1. The van der Waals surface area contributed by atoms with Crippen LogP contribution in [0.5, 0.6) is 0 Å². The van der Waals surface area contributed by atoms with E-state index in [4.69, 9.17) is 5.11 Å². The van der Waals surface area contributed by atoms with Gasteiger partial charge in [0, 0.05) is 23.4 Å². The molecular formula is C11H16N2O3. The number of hydrogen-bond acceptors (Lipinski definition) is 4. The van der Waals surface area contributed by atoms with Gasteiger partial charge in [0.15, 0.2) is 0 Å². The Labute approximate surface area is 94.3 Å². The Morgan fingerprint density at radius 2 is 2.25 bits per heavy atom. The lowest BCUT2D eigenvalue weighted by Crippen LogP contribution is -2.22. The number of aliphatic hydroxyl groups is 1. The van der Waals surface area contributed by atoms with Crippen LogP contribution in [0.25, 0.3) is 0 Å². The zero-order valence-electron chi connectivity index (χ0n) is 9.43. The number of aliphatic hydroxyl groups excluding tert-OH is 1. The lowest BCUT2D eigenvalue weighted by molar-refractivity contribution is -0.385. The Bertz CT molecular complexity index is 375. The second kappa shape index (κ2) is 5.46. The summed E-state index contributed by atoms with van der Waals surface area (Å²) in [6.07, 6.45) is 0.798.